The second-order valence-electron chi connectivity index (χ2n) is 3.93. The van der Waals surface area contributed by atoms with Crippen molar-refractivity contribution in [3.8, 4) is 0 Å². The Morgan fingerprint density at radius 3 is 2.53 bits per heavy atom. The lowest BCUT2D eigenvalue weighted by molar-refractivity contribution is 0.0357. The third-order valence-electron chi connectivity index (χ3n) is 2.81. The summed E-state index contributed by atoms with van der Waals surface area (Å²) in [6.07, 6.45) is 3.71. The highest BCUT2D eigenvalue weighted by Crippen LogP contribution is 2.21. The molecule has 0 saturated heterocycles. The molecule has 2 nitrogen and oxygen atoms in total. The lowest BCUT2D eigenvalue weighted by atomic mass is 10.2. The van der Waals surface area contributed by atoms with Crippen molar-refractivity contribution in [3.63, 3.8) is 0 Å². The molecule has 0 heterocycles. The molecule has 1 aromatic rings. The van der Waals surface area contributed by atoms with E-state index in [0.717, 1.165) is 12.8 Å². The maximum absolute atomic E-state index is 5.92. The molecule has 84 valence electrons. The highest BCUT2D eigenvalue weighted by atomic mass is 35.5. The molecule has 2 atom stereocenters. The Morgan fingerprint density at radius 2 is 1.93 bits per heavy atom. The van der Waals surface area contributed by atoms with Crippen LogP contribution in [0, 0.1) is 0 Å². The van der Waals surface area contributed by atoms with Crippen LogP contribution in [0.4, 0.5) is 0 Å². The number of benzene rings is 1. The Hall–Kier alpha value is -0.570. The van der Waals surface area contributed by atoms with Gasteiger partial charge in [-0.1, -0.05) is 30.3 Å². The maximum Gasteiger partial charge on any atom is 0.0730 e. The van der Waals surface area contributed by atoms with Gasteiger partial charge < -0.3 is 10.5 Å². The third kappa shape index (κ3) is 3.49. The lowest BCUT2D eigenvalue weighted by Crippen LogP contribution is -2.31. The molecule has 0 aliphatic heterocycles. The normalized spacial score (nSPS) is 24.9. The van der Waals surface area contributed by atoms with Crippen LogP contribution in [0.15, 0.2) is 30.3 Å². The molecule has 0 amide bonds. The highest BCUT2D eigenvalue weighted by Gasteiger charge is 2.24. The number of ether oxygens (including phenoxy) is 1. The first-order chi connectivity index (χ1) is 6.86. The molecular formula is C12H18ClNO. The molecule has 3 heteroatoms. The van der Waals surface area contributed by atoms with Crippen LogP contribution < -0.4 is 5.73 Å². The fourth-order valence-electron chi connectivity index (χ4n) is 1.94. The van der Waals surface area contributed by atoms with Gasteiger partial charge in [0.1, 0.15) is 0 Å². The summed E-state index contributed by atoms with van der Waals surface area (Å²) in [4.78, 5) is 0. The summed E-state index contributed by atoms with van der Waals surface area (Å²) < 4.78 is 5.78. The topological polar surface area (TPSA) is 35.2 Å². The second-order valence-corrected chi connectivity index (χ2v) is 3.93. The van der Waals surface area contributed by atoms with E-state index >= 15 is 0 Å². The largest absolute Gasteiger partial charge is 0.372 e. The van der Waals surface area contributed by atoms with E-state index in [4.69, 9.17) is 10.5 Å². The second kappa shape index (κ2) is 6.11. The molecule has 0 unspecified atom stereocenters. The first kappa shape index (κ1) is 12.5. The van der Waals surface area contributed by atoms with Crippen molar-refractivity contribution in [2.75, 3.05) is 0 Å². The van der Waals surface area contributed by atoms with E-state index in [0.29, 0.717) is 6.61 Å². The van der Waals surface area contributed by atoms with Gasteiger partial charge in [0.2, 0.25) is 0 Å². The van der Waals surface area contributed by atoms with E-state index in [9.17, 15) is 0 Å². The summed E-state index contributed by atoms with van der Waals surface area (Å²) in [6.45, 7) is 0.694. The molecule has 1 aliphatic rings. The standard InChI is InChI=1S/C12H17NO.ClH/c13-11-7-4-8-12(11)14-9-10-5-2-1-3-6-10;/h1-3,5-6,11-12H,4,7-9,13H2;1H/t11-,12-;/m1./s1. The summed E-state index contributed by atoms with van der Waals surface area (Å²) >= 11 is 0. The van der Waals surface area contributed by atoms with E-state index in [1.807, 2.05) is 18.2 Å². The SMILES string of the molecule is Cl.N[C@@H]1CCC[C@H]1OCc1ccccc1. The minimum absolute atomic E-state index is 0. The molecular weight excluding hydrogens is 210 g/mol. The van der Waals surface area contributed by atoms with Gasteiger partial charge in [-0.05, 0) is 24.8 Å². The third-order valence-corrected chi connectivity index (χ3v) is 2.81. The van der Waals surface area contributed by atoms with Crippen molar-refractivity contribution < 1.29 is 4.74 Å². The Bertz CT molecular complexity index is 278. The van der Waals surface area contributed by atoms with Gasteiger partial charge in [-0.2, -0.15) is 0 Å². The van der Waals surface area contributed by atoms with Gasteiger partial charge in [-0.3, -0.25) is 0 Å². The molecule has 1 fully saturated rings. The monoisotopic (exact) mass is 227 g/mol. The molecule has 1 saturated carbocycles. The number of halogens is 1. The summed E-state index contributed by atoms with van der Waals surface area (Å²) in [5, 5.41) is 0. The summed E-state index contributed by atoms with van der Waals surface area (Å²) in [5.74, 6) is 0. The molecule has 1 aromatic carbocycles. The van der Waals surface area contributed by atoms with Crippen LogP contribution in [0.5, 0.6) is 0 Å². The Labute approximate surface area is 97.2 Å². The van der Waals surface area contributed by atoms with Gasteiger partial charge in [0, 0.05) is 6.04 Å². The average molecular weight is 228 g/mol. The van der Waals surface area contributed by atoms with Crippen molar-refractivity contribution in [3.05, 3.63) is 35.9 Å². The van der Waals surface area contributed by atoms with Crippen LogP contribution >= 0.6 is 12.4 Å². The Kier molecular flexibility index (Phi) is 5.09. The predicted octanol–water partition coefficient (Wildman–Crippen LogP) is 2.50. The van der Waals surface area contributed by atoms with Gasteiger partial charge in [0.25, 0.3) is 0 Å². The van der Waals surface area contributed by atoms with E-state index in [2.05, 4.69) is 12.1 Å². The lowest BCUT2D eigenvalue weighted by Gasteiger charge is -2.16. The zero-order chi connectivity index (χ0) is 9.80. The molecule has 0 bridgehead atoms. The van der Waals surface area contributed by atoms with Gasteiger partial charge in [0.05, 0.1) is 12.7 Å². The number of hydrogen-bond acceptors (Lipinski definition) is 2. The van der Waals surface area contributed by atoms with Crippen molar-refractivity contribution in [2.45, 2.75) is 38.0 Å². The van der Waals surface area contributed by atoms with Crippen LogP contribution in [0.1, 0.15) is 24.8 Å². The van der Waals surface area contributed by atoms with Crippen molar-refractivity contribution in [1.82, 2.24) is 0 Å². The summed E-state index contributed by atoms with van der Waals surface area (Å²) in [5.41, 5.74) is 7.15. The van der Waals surface area contributed by atoms with E-state index in [1.54, 1.807) is 0 Å². The number of rotatable bonds is 3. The Morgan fingerprint density at radius 1 is 1.20 bits per heavy atom. The quantitative estimate of drug-likeness (QED) is 0.861. The van der Waals surface area contributed by atoms with Crippen molar-refractivity contribution in [1.29, 1.82) is 0 Å². The fourth-order valence-corrected chi connectivity index (χ4v) is 1.94. The van der Waals surface area contributed by atoms with Gasteiger partial charge in [-0.25, -0.2) is 0 Å². The van der Waals surface area contributed by atoms with E-state index in [1.165, 1.54) is 12.0 Å². The highest BCUT2D eigenvalue weighted by molar-refractivity contribution is 5.85. The average Bonchev–Trinajstić information content (AvgIpc) is 2.63. The number of nitrogens with two attached hydrogens (primary N) is 1. The van der Waals surface area contributed by atoms with Gasteiger partial charge in [-0.15, -0.1) is 12.4 Å². The maximum atomic E-state index is 5.92. The van der Waals surface area contributed by atoms with Crippen molar-refractivity contribution in [2.24, 2.45) is 5.73 Å². The Balaban J connectivity index is 0.00000112. The molecule has 0 aromatic heterocycles. The summed E-state index contributed by atoms with van der Waals surface area (Å²) in [7, 11) is 0. The first-order valence-corrected chi connectivity index (χ1v) is 5.27. The minimum atomic E-state index is 0. The molecule has 0 radical (unpaired) electrons. The minimum Gasteiger partial charge on any atom is -0.372 e. The molecule has 1 aliphatic carbocycles. The van der Waals surface area contributed by atoms with Crippen LogP contribution in [0.2, 0.25) is 0 Å². The van der Waals surface area contributed by atoms with Gasteiger partial charge in [0.15, 0.2) is 0 Å². The van der Waals surface area contributed by atoms with E-state index in [-0.39, 0.29) is 24.6 Å². The molecule has 2 rings (SSSR count). The van der Waals surface area contributed by atoms with E-state index < -0.39 is 0 Å². The molecule has 15 heavy (non-hydrogen) atoms. The molecule has 0 spiro atoms. The molecule has 2 N–H and O–H groups in total. The van der Waals surface area contributed by atoms with Crippen LogP contribution in [-0.4, -0.2) is 12.1 Å². The number of hydrogen-bond donors (Lipinski definition) is 1. The fraction of sp³-hybridized carbons (Fsp3) is 0.500. The zero-order valence-corrected chi connectivity index (χ0v) is 9.58. The van der Waals surface area contributed by atoms with Crippen LogP contribution in [-0.2, 0) is 11.3 Å². The predicted molar refractivity (Wildman–Crippen MR) is 64.1 cm³/mol. The van der Waals surface area contributed by atoms with Crippen LogP contribution in [0.25, 0.3) is 0 Å². The van der Waals surface area contributed by atoms with Gasteiger partial charge >= 0.3 is 0 Å². The zero-order valence-electron chi connectivity index (χ0n) is 8.76. The smallest absolute Gasteiger partial charge is 0.0730 e. The van der Waals surface area contributed by atoms with Crippen molar-refractivity contribution >= 4 is 12.4 Å². The summed E-state index contributed by atoms with van der Waals surface area (Å²) in [6, 6.07) is 10.5. The van der Waals surface area contributed by atoms with Crippen LogP contribution in [0.3, 0.4) is 0 Å². The first-order valence-electron chi connectivity index (χ1n) is 5.27.